The van der Waals surface area contributed by atoms with Gasteiger partial charge in [-0.05, 0) is 23.1 Å². The van der Waals surface area contributed by atoms with Crippen LogP contribution in [0.25, 0.3) is 0 Å². The molecule has 1 rings (SSSR count). The highest BCUT2D eigenvalue weighted by molar-refractivity contribution is 7.94. The fraction of sp³-hybridized carbons (Fsp3) is 0.500. The van der Waals surface area contributed by atoms with Gasteiger partial charge in [0, 0.05) is 16.9 Å². The second-order valence-corrected chi connectivity index (χ2v) is 5.68. The van der Waals surface area contributed by atoms with Crippen molar-refractivity contribution in [2.24, 2.45) is 0 Å². The van der Waals surface area contributed by atoms with Gasteiger partial charge in [-0.25, -0.2) is 0 Å². The van der Waals surface area contributed by atoms with Crippen molar-refractivity contribution in [2.45, 2.75) is 37.3 Å². The van der Waals surface area contributed by atoms with Gasteiger partial charge in [-0.2, -0.15) is 13.2 Å². The topological polar surface area (TPSA) is 9.23 Å². The lowest BCUT2D eigenvalue weighted by Gasteiger charge is -2.24. The van der Waals surface area contributed by atoms with E-state index in [0.717, 1.165) is 18.1 Å². The highest BCUT2D eigenvalue weighted by atomic mass is 32.2. The van der Waals surface area contributed by atoms with Crippen LogP contribution in [0.5, 0.6) is 0 Å². The smallest absolute Gasteiger partial charge is 0.314 e. The van der Waals surface area contributed by atoms with Crippen molar-refractivity contribution in [2.75, 3.05) is 7.11 Å². The van der Waals surface area contributed by atoms with Crippen molar-refractivity contribution in [1.82, 2.24) is 0 Å². The van der Waals surface area contributed by atoms with Crippen LogP contribution in [0.1, 0.15) is 31.9 Å². The molecule has 5 heteroatoms. The summed E-state index contributed by atoms with van der Waals surface area (Å²) in [4.78, 5) is 0.452. The Kier molecular flexibility index (Phi) is 4.15. The monoisotopic (exact) mass is 264 g/mol. The predicted octanol–water partition coefficient (Wildman–Crippen LogP) is 4.66. The van der Waals surface area contributed by atoms with Crippen LogP contribution in [-0.2, 0) is 15.8 Å². The maximum Gasteiger partial charge on any atom is 0.416 e. The van der Waals surface area contributed by atoms with E-state index in [1.54, 1.807) is 26.8 Å². The fourth-order valence-electron chi connectivity index (χ4n) is 1.56. The van der Waals surface area contributed by atoms with Gasteiger partial charge in [-0.1, -0.05) is 26.8 Å². The molecule has 0 N–H and O–H groups in total. The quantitative estimate of drug-likeness (QED) is 0.719. The molecule has 0 bridgehead atoms. The Morgan fingerprint density at radius 3 is 2.06 bits per heavy atom. The van der Waals surface area contributed by atoms with E-state index < -0.39 is 17.2 Å². The van der Waals surface area contributed by atoms with Crippen molar-refractivity contribution in [3.05, 3.63) is 29.3 Å². The average molecular weight is 264 g/mol. The second kappa shape index (κ2) is 4.90. The van der Waals surface area contributed by atoms with Crippen molar-refractivity contribution >= 4 is 12.0 Å². The zero-order chi connectivity index (χ0) is 13.3. The summed E-state index contributed by atoms with van der Waals surface area (Å²) in [6.07, 6.45) is -4.34. The molecule has 0 atom stereocenters. The maximum absolute atomic E-state index is 12.9. The van der Waals surface area contributed by atoms with Crippen LogP contribution in [0.4, 0.5) is 13.2 Å². The number of hydrogen-bond acceptors (Lipinski definition) is 2. The first kappa shape index (κ1) is 14.4. The van der Waals surface area contributed by atoms with Crippen LogP contribution in [0.15, 0.2) is 23.1 Å². The standard InChI is InChI=1S/C12H15F3OS/c1-11(2,3)9-6-5-8(17-16-4)7-10(9)12(13,14)15/h5-7H,1-4H3. The summed E-state index contributed by atoms with van der Waals surface area (Å²) in [5.74, 6) is 0. The van der Waals surface area contributed by atoms with Gasteiger partial charge in [0.2, 0.25) is 0 Å². The van der Waals surface area contributed by atoms with Gasteiger partial charge in [0.05, 0.1) is 12.7 Å². The molecule has 0 fully saturated rings. The van der Waals surface area contributed by atoms with E-state index in [-0.39, 0.29) is 0 Å². The molecule has 1 aromatic rings. The van der Waals surface area contributed by atoms with E-state index in [2.05, 4.69) is 0 Å². The van der Waals surface area contributed by atoms with Crippen LogP contribution >= 0.6 is 12.0 Å². The summed E-state index contributed by atoms with van der Waals surface area (Å²) in [6.45, 7) is 5.29. The highest BCUT2D eigenvalue weighted by Crippen LogP contribution is 2.39. The number of hydrogen-bond donors (Lipinski definition) is 0. The third-order valence-electron chi connectivity index (χ3n) is 2.28. The van der Waals surface area contributed by atoms with Crippen molar-refractivity contribution < 1.29 is 17.4 Å². The van der Waals surface area contributed by atoms with E-state index in [4.69, 9.17) is 4.18 Å². The molecule has 0 spiro atoms. The number of alkyl halides is 3. The molecule has 1 nitrogen and oxygen atoms in total. The molecule has 0 saturated heterocycles. The van der Waals surface area contributed by atoms with E-state index in [9.17, 15) is 13.2 Å². The van der Waals surface area contributed by atoms with Crippen LogP contribution in [-0.4, -0.2) is 7.11 Å². The Morgan fingerprint density at radius 2 is 1.65 bits per heavy atom. The molecule has 17 heavy (non-hydrogen) atoms. The molecule has 0 aliphatic heterocycles. The van der Waals surface area contributed by atoms with Gasteiger partial charge >= 0.3 is 6.18 Å². The summed E-state index contributed by atoms with van der Waals surface area (Å²) in [5.41, 5.74) is -0.835. The largest absolute Gasteiger partial charge is 0.416 e. The predicted molar refractivity (Wildman–Crippen MR) is 63.0 cm³/mol. The average Bonchev–Trinajstić information content (AvgIpc) is 2.15. The van der Waals surface area contributed by atoms with Crippen LogP contribution in [0.3, 0.4) is 0 Å². The molecule has 96 valence electrons. The normalized spacial score (nSPS) is 12.9. The molecule has 0 amide bonds. The van der Waals surface area contributed by atoms with E-state index in [1.807, 2.05) is 0 Å². The minimum absolute atomic E-state index is 0.297. The molecule has 0 aromatic heterocycles. The lowest BCUT2D eigenvalue weighted by atomic mass is 9.83. The van der Waals surface area contributed by atoms with Gasteiger partial charge in [0.1, 0.15) is 0 Å². The Hall–Kier alpha value is -0.680. The van der Waals surface area contributed by atoms with Gasteiger partial charge < -0.3 is 4.18 Å². The Bertz CT molecular complexity index is 394. The third-order valence-corrected chi connectivity index (χ3v) is 2.90. The molecule has 0 heterocycles. The Balaban J connectivity index is 3.33. The molecule has 0 saturated carbocycles. The Morgan fingerprint density at radius 1 is 1.06 bits per heavy atom. The van der Waals surface area contributed by atoms with Crippen LogP contribution in [0, 0.1) is 0 Å². The summed E-state index contributed by atoms with van der Waals surface area (Å²) in [7, 11) is 1.43. The van der Waals surface area contributed by atoms with Gasteiger partial charge in [-0.3, -0.25) is 0 Å². The SMILES string of the molecule is COSc1ccc(C(C)(C)C)c(C(F)(F)F)c1. The molecule has 0 aliphatic carbocycles. The highest BCUT2D eigenvalue weighted by Gasteiger charge is 2.36. The first-order valence-corrected chi connectivity index (χ1v) is 5.83. The molecular weight excluding hydrogens is 249 g/mol. The van der Waals surface area contributed by atoms with Crippen LogP contribution < -0.4 is 0 Å². The summed E-state index contributed by atoms with van der Waals surface area (Å²) in [5, 5.41) is 0. The molecule has 0 radical (unpaired) electrons. The summed E-state index contributed by atoms with van der Waals surface area (Å²) >= 11 is 0.925. The summed E-state index contributed by atoms with van der Waals surface area (Å²) in [6, 6.07) is 4.29. The summed E-state index contributed by atoms with van der Waals surface area (Å²) < 4.78 is 43.6. The number of benzene rings is 1. The maximum atomic E-state index is 12.9. The minimum atomic E-state index is -4.34. The molecule has 0 aliphatic rings. The first-order valence-electron chi connectivity index (χ1n) is 5.08. The number of halogens is 3. The minimum Gasteiger partial charge on any atom is -0.314 e. The van der Waals surface area contributed by atoms with Crippen molar-refractivity contribution in [3.8, 4) is 0 Å². The lowest BCUT2D eigenvalue weighted by molar-refractivity contribution is -0.138. The third kappa shape index (κ3) is 3.64. The van der Waals surface area contributed by atoms with Gasteiger partial charge in [0.15, 0.2) is 0 Å². The van der Waals surface area contributed by atoms with E-state index in [1.165, 1.54) is 13.2 Å². The van der Waals surface area contributed by atoms with E-state index >= 15 is 0 Å². The fourth-order valence-corrected chi connectivity index (χ4v) is 2.04. The second-order valence-electron chi connectivity index (χ2n) is 4.71. The number of rotatable bonds is 2. The molecule has 0 unspecified atom stereocenters. The zero-order valence-electron chi connectivity index (χ0n) is 10.2. The van der Waals surface area contributed by atoms with Gasteiger partial charge in [-0.15, -0.1) is 0 Å². The van der Waals surface area contributed by atoms with Gasteiger partial charge in [0.25, 0.3) is 0 Å². The molecular formula is C12H15F3OS. The van der Waals surface area contributed by atoms with Crippen LogP contribution in [0.2, 0.25) is 0 Å². The van der Waals surface area contributed by atoms with Crippen molar-refractivity contribution in [3.63, 3.8) is 0 Å². The zero-order valence-corrected chi connectivity index (χ0v) is 11.0. The van der Waals surface area contributed by atoms with Crippen molar-refractivity contribution in [1.29, 1.82) is 0 Å². The van der Waals surface area contributed by atoms with E-state index in [0.29, 0.717) is 10.5 Å². The lowest BCUT2D eigenvalue weighted by Crippen LogP contribution is -2.19. The Labute approximate surface area is 104 Å². The molecule has 1 aromatic carbocycles. The first-order chi connectivity index (χ1) is 7.66.